The fourth-order valence-electron chi connectivity index (χ4n) is 1.74. The molecule has 6 heteroatoms. The molecule has 0 fully saturated rings. The molecule has 3 N–H and O–H groups in total. The van der Waals surface area contributed by atoms with Crippen LogP contribution in [0.1, 0.15) is 24.9 Å². The second kappa shape index (κ2) is 8.38. The molecule has 1 aromatic rings. The summed E-state index contributed by atoms with van der Waals surface area (Å²) in [6.07, 6.45) is 0.886. The summed E-state index contributed by atoms with van der Waals surface area (Å²) in [6.45, 7) is 3.04. The lowest BCUT2D eigenvalue weighted by Crippen LogP contribution is -2.27. The van der Waals surface area contributed by atoms with Gasteiger partial charge in [0.2, 0.25) is 5.91 Å². The fraction of sp³-hybridized carbons (Fsp3) is 0.462. The molecule has 0 saturated carbocycles. The van der Waals surface area contributed by atoms with Gasteiger partial charge in [0.25, 0.3) is 0 Å². The highest BCUT2D eigenvalue weighted by Gasteiger charge is 2.12. The van der Waals surface area contributed by atoms with Crippen LogP contribution in [-0.2, 0) is 9.53 Å². The molecular weight excluding hydrogens is 287 g/mol. The van der Waals surface area contributed by atoms with Gasteiger partial charge in [0.15, 0.2) is 0 Å². The van der Waals surface area contributed by atoms with Crippen LogP contribution in [-0.4, -0.2) is 25.7 Å². The number of nitrogens with one attached hydrogen (secondary N) is 1. The lowest BCUT2D eigenvalue weighted by atomic mass is 10.0. The van der Waals surface area contributed by atoms with Gasteiger partial charge in [-0.1, -0.05) is 36.2 Å². The van der Waals surface area contributed by atoms with Gasteiger partial charge in [-0.15, -0.1) is 0 Å². The molecule has 0 bridgehead atoms. The normalized spacial score (nSPS) is 12.4. The SMILES string of the molecule is CCC(NCCOCC(N)=O)c1ccc(Cl)cc1Cl. The van der Waals surface area contributed by atoms with E-state index in [0.717, 1.165) is 12.0 Å². The van der Waals surface area contributed by atoms with Crippen molar-refractivity contribution in [1.29, 1.82) is 0 Å². The third-order valence-electron chi connectivity index (χ3n) is 2.63. The van der Waals surface area contributed by atoms with Crippen LogP contribution in [0.15, 0.2) is 18.2 Å². The van der Waals surface area contributed by atoms with Crippen LogP contribution in [0.2, 0.25) is 10.0 Å². The molecule has 1 rings (SSSR count). The molecular formula is C13H18Cl2N2O2. The van der Waals surface area contributed by atoms with E-state index in [4.69, 9.17) is 33.7 Å². The molecule has 19 heavy (non-hydrogen) atoms. The Morgan fingerprint density at radius 1 is 1.47 bits per heavy atom. The van der Waals surface area contributed by atoms with Crippen LogP contribution in [0, 0.1) is 0 Å². The first-order valence-corrected chi connectivity index (χ1v) is 6.84. The van der Waals surface area contributed by atoms with E-state index in [0.29, 0.717) is 23.2 Å². The van der Waals surface area contributed by atoms with E-state index in [9.17, 15) is 4.79 Å². The number of carbonyl (C=O) groups is 1. The van der Waals surface area contributed by atoms with Gasteiger partial charge >= 0.3 is 0 Å². The summed E-state index contributed by atoms with van der Waals surface area (Å²) in [5.41, 5.74) is 5.97. The number of amides is 1. The first kappa shape index (κ1) is 16.2. The average Bonchev–Trinajstić information content (AvgIpc) is 2.34. The topological polar surface area (TPSA) is 64.3 Å². The molecule has 0 radical (unpaired) electrons. The van der Waals surface area contributed by atoms with Gasteiger partial charge in [-0.25, -0.2) is 0 Å². The highest BCUT2D eigenvalue weighted by atomic mass is 35.5. The molecule has 1 atom stereocenters. The molecule has 0 aliphatic heterocycles. The van der Waals surface area contributed by atoms with Gasteiger partial charge in [-0.05, 0) is 24.1 Å². The van der Waals surface area contributed by atoms with Crippen molar-refractivity contribution < 1.29 is 9.53 Å². The minimum Gasteiger partial charge on any atom is -0.370 e. The van der Waals surface area contributed by atoms with Crippen LogP contribution in [0.5, 0.6) is 0 Å². The average molecular weight is 305 g/mol. The van der Waals surface area contributed by atoms with Crippen LogP contribution < -0.4 is 11.1 Å². The first-order valence-electron chi connectivity index (χ1n) is 6.09. The summed E-state index contributed by atoms with van der Waals surface area (Å²) in [5.74, 6) is -0.465. The van der Waals surface area contributed by atoms with E-state index in [2.05, 4.69) is 12.2 Å². The van der Waals surface area contributed by atoms with Crippen LogP contribution in [0.25, 0.3) is 0 Å². The predicted octanol–water partition coefficient (Wildman–Crippen LogP) is 2.54. The minimum atomic E-state index is -0.465. The van der Waals surface area contributed by atoms with E-state index in [1.165, 1.54) is 0 Å². The molecule has 0 aromatic heterocycles. The van der Waals surface area contributed by atoms with Crippen molar-refractivity contribution in [2.75, 3.05) is 19.8 Å². The monoisotopic (exact) mass is 304 g/mol. The number of nitrogens with two attached hydrogens (primary N) is 1. The summed E-state index contributed by atoms with van der Waals surface area (Å²) >= 11 is 12.0. The summed E-state index contributed by atoms with van der Waals surface area (Å²) < 4.78 is 5.08. The van der Waals surface area contributed by atoms with Gasteiger partial charge in [0, 0.05) is 22.6 Å². The van der Waals surface area contributed by atoms with E-state index in [1.807, 2.05) is 12.1 Å². The summed E-state index contributed by atoms with van der Waals surface area (Å²) in [7, 11) is 0. The number of ether oxygens (including phenoxy) is 1. The predicted molar refractivity (Wildman–Crippen MR) is 77.5 cm³/mol. The molecule has 0 saturated heterocycles. The Morgan fingerprint density at radius 2 is 2.21 bits per heavy atom. The van der Waals surface area contributed by atoms with Gasteiger partial charge < -0.3 is 15.8 Å². The van der Waals surface area contributed by atoms with Crippen LogP contribution in [0.3, 0.4) is 0 Å². The largest absolute Gasteiger partial charge is 0.370 e. The number of rotatable bonds is 8. The zero-order valence-corrected chi connectivity index (χ0v) is 12.3. The fourth-order valence-corrected chi connectivity index (χ4v) is 2.28. The zero-order chi connectivity index (χ0) is 14.3. The smallest absolute Gasteiger partial charge is 0.243 e. The third-order valence-corrected chi connectivity index (χ3v) is 3.19. The van der Waals surface area contributed by atoms with E-state index < -0.39 is 5.91 Å². The molecule has 0 aliphatic carbocycles. The lowest BCUT2D eigenvalue weighted by Gasteiger charge is -2.18. The summed E-state index contributed by atoms with van der Waals surface area (Å²) in [6, 6.07) is 5.58. The van der Waals surface area contributed by atoms with Gasteiger partial charge in [-0.3, -0.25) is 4.79 Å². The zero-order valence-electron chi connectivity index (χ0n) is 10.8. The number of primary amides is 1. The molecule has 4 nitrogen and oxygen atoms in total. The van der Waals surface area contributed by atoms with Crippen molar-refractivity contribution in [2.24, 2.45) is 5.73 Å². The number of benzene rings is 1. The number of carbonyl (C=O) groups excluding carboxylic acids is 1. The first-order chi connectivity index (χ1) is 9.04. The maximum atomic E-state index is 10.5. The van der Waals surface area contributed by atoms with E-state index >= 15 is 0 Å². The molecule has 0 spiro atoms. The van der Waals surface area contributed by atoms with Crippen molar-refractivity contribution in [3.8, 4) is 0 Å². The van der Waals surface area contributed by atoms with Gasteiger partial charge in [0.1, 0.15) is 6.61 Å². The Hall–Kier alpha value is -0.810. The number of hydrogen-bond acceptors (Lipinski definition) is 3. The standard InChI is InChI=1S/C13H18Cl2N2O2/c1-2-12(17-5-6-19-8-13(16)18)10-4-3-9(14)7-11(10)15/h3-4,7,12,17H,2,5-6,8H2,1H3,(H2,16,18). The minimum absolute atomic E-state index is 0.0554. The second-order valence-corrected chi connectivity index (χ2v) is 4.94. The van der Waals surface area contributed by atoms with Crippen molar-refractivity contribution in [2.45, 2.75) is 19.4 Å². The Bertz CT molecular complexity index is 427. The molecule has 1 aromatic carbocycles. The van der Waals surface area contributed by atoms with E-state index in [-0.39, 0.29) is 12.6 Å². The van der Waals surface area contributed by atoms with Gasteiger partial charge in [-0.2, -0.15) is 0 Å². The lowest BCUT2D eigenvalue weighted by molar-refractivity contribution is -0.122. The van der Waals surface area contributed by atoms with Crippen molar-refractivity contribution in [1.82, 2.24) is 5.32 Å². The Balaban J connectivity index is 2.47. The van der Waals surface area contributed by atoms with Crippen molar-refractivity contribution in [3.05, 3.63) is 33.8 Å². The summed E-state index contributed by atoms with van der Waals surface area (Å²) in [4.78, 5) is 10.5. The Kier molecular flexibility index (Phi) is 7.16. The quantitative estimate of drug-likeness (QED) is 0.725. The summed E-state index contributed by atoms with van der Waals surface area (Å²) in [5, 5.41) is 4.58. The van der Waals surface area contributed by atoms with E-state index in [1.54, 1.807) is 6.07 Å². The molecule has 0 aliphatic rings. The van der Waals surface area contributed by atoms with Crippen LogP contribution >= 0.6 is 23.2 Å². The van der Waals surface area contributed by atoms with Gasteiger partial charge in [0.05, 0.1) is 6.61 Å². The molecule has 0 heterocycles. The van der Waals surface area contributed by atoms with Crippen LogP contribution in [0.4, 0.5) is 0 Å². The molecule has 1 amide bonds. The van der Waals surface area contributed by atoms with Crippen molar-refractivity contribution in [3.63, 3.8) is 0 Å². The third kappa shape index (κ3) is 5.78. The molecule has 1 unspecified atom stereocenters. The second-order valence-electron chi connectivity index (χ2n) is 4.10. The molecule has 106 valence electrons. The maximum Gasteiger partial charge on any atom is 0.243 e. The Labute approximate surface area is 123 Å². The Morgan fingerprint density at radius 3 is 2.79 bits per heavy atom. The maximum absolute atomic E-state index is 10.5. The highest BCUT2D eigenvalue weighted by Crippen LogP contribution is 2.27. The number of halogens is 2. The van der Waals surface area contributed by atoms with Crippen molar-refractivity contribution >= 4 is 29.1 Å². The highest BCUT2D eigenvalue weighted by molar-refractivity contribution is 6.35. The number of hydrogen-bond donors (Lipinski definition) is 2.